The Labute approximate surface area is 160 Å². The molecule has 28 heavy (non-hydrogen) atoms. The van der Waals surface area contributed by atoms with Gasteiger partial charge in [-0.25, -0.2) is 9.78 Å². The number of rotatable bonds is 4. The minimum atomic E-state index is -0.522. The number of hydrogen-bond donors (Lipinski definition) is 1. The van der Waals surface area contributed by atoms with E-state index < -0.39 is 5.97 Å². The monoisotopic (exact) mass is 372 g/mol. The van der Waals surface area contributed by atoms with E-state index in [0.29, 0.717) is 33.6 Å². The van der Waals surface area contributed by atoms with Crippen molar-refractivity contribution in [1.29, 1.82) is 0 Å². The van der Waals surface area contributed by atoms with Crippen LogP contribution in [0.3, 0.4) is 0 Å². The van der Waals surface area contributed by atoms with Crippen LogP contribution in [0.5, 0.6) is 0 Å². The van der Waals surface area contributed by atoms with Crippen molar-refractivity contribution in [3.05, 3.63) is 84.1 Å². The summed E-state index contributed by atoms with van der Waals surface area (Å²) in [6.07, 6.45) is 1.55. The van der Waals surface area contributed by atoms with Crippen molar-refractivity contribution in [3.8, 4) is 11.5 Å². The number of aromatic nitrogens is 1. The lowest BCUT2D eigenvalue weighted by molar-refractivity contribution is 0.0602. The summed E-state index contributed by atoms with van der Waals surface area (Å²) in [5, 5.41) is 3.51. The molecule has 2 aromatic carbocycles. The van der Waals surface area contributed by atoms with Crippen molar-refractivity contribution in [2.45, 2.75) is 0 Å². The number of amides is 1. The summed E-state index contributed by atoms with van der Waals surface area (Å²) in [7, 11) is 1.30. The molecular formula is C22H16N2O4. The van der Waals surface area contributed by atoms with E-state index in [1.165, 1.54) is 7.11 Å². The smallest absolute Gasteiger partial charge is 0.339 e. The number of ether oxygens (including phenoxy) is 1. The van der Waals surface area contributed by atoms with Crippen LogP contribution in [0.15, 0.2) is 77.4 Å². The number of nitrogens with one attached hydrogen (secondary N) is 1. The summed E-state index contributed by atoms with van der Waals surface area (Å²) in [4.78, 5) is 29.6. The number of carbonyl (C=O) groups excluding carboxylic acids is 2. The molecule has 0 saturated heterocycles. The number of para-hydroxylation sites is 2. The topological polar surface area (TPSA) is 81.4 Å². The lowest BCUT2D eigenvalue weighted by Gasteiger charge is -2.12. The SMILES string of the molecule is COC(=O)c1ccccc1NC(=O)c1cc(-c2ccco2)nc2ccccc12. The Morgan fingerprint density at radius 1 is 0.964 bits per heavy atom. The van der Waals surface area contributed by atoms with Gasteiger partial charge in [-0.15, -0.1) is 0 Å². The van der Waals surface area contributed by atoms with Gasteiger partial charge in [0.15, 0.2) is 5.76 Å². The molecule has 0 unspecified atom stereocenters. The molecule has 0 aliphatic rings. The van der Waals surface area contributed by atoms with Crippen LogP contribution in [0.2, 0.25) is 0 Å². The third kappa shape index (κ3) is 3.23. The van der Waals surface area contributed by atoms with Gasteiger partial charge < -0.3 is 14.5 Å². The molecule has 138 valence electrons. The first-order valence-electron chi connectivity index (χ1n) is 8.60. The van der Waals surface area contributed by atoms with Crippen molar-refractivity contribution in [1.82, 2.24) is 4.98 Å². The molecule has 6 heteroatoms. The van der Waals surface area contributed by atoms with Crippen LogP contribution in [0, 0.1) is 0 Å². The largest absolute Gasteiger partial charge is 0.465 e. The van der Waals surface area contributed by atoms with E-state index in [1.54, 1.807) is 48.7 Å². The maximum Gasteiger partial charge on any atom is 0.339 e. The van der Waals surface area contributed by atoms with E-state index in [1.807, 2.05) is 24.3 Å². The molecule has 2 aromatic heterocycles. The Bertz CT molecular complexity index is 1170. The average Bonchev–Trinajstić information content (AvgIpc) is 3.27. The van der Waals surface area contributed by atoms with Crippen molar-refractivity contribution in [2.75, 3.05) is 12.4 Å². The average molecular weight is 372 g/mol. The number of anilines is 1. The van der Waals surface area contributed by atoms with Gasteiger partial charge in [-0.3, -0.25) is 4.79 Å². The highest BCUT2D eigenvalue weighted by Gasteiger charge is 2.18. The number of benzene rings is 2. The lowest BCUT2D eigenvalue weighted by atomic mass is 10.1. The van der Waals surface area contributed by atoms with Gasteiger partial charge in [0.25, 0.3) is 5.91 Å². The van der Waals surface area contributed by atoms with Crippen LogP contribution in [-0.2, 0) is 4.74 Å². The van der Waals surface area contributed by atoms with Crippen LogP contribution in [0.1, 0.15) is 20.7 Å². The minimum Gasteiger partial charge on any atom is -0.465 e. The van der Waals surface area contributed by atoms with Gasteiger partial charge in [-0.1, -0.05) is 30.3 Å². The number of methoxy groups -OCH3 is 1. The van der Waals surface area contributed by atoms with Crippen LogP contribution in [0.4, 0.5) is 5.69 Å². The summed E-state index contributed by atoms with van der Waals surface area (Å²) in [6.45, 7) is 0. The molecule has 6 nitrogen and oxygen atoms in total. The van der Waals surface area contributed by atoms with Gasteiger partial charge in [0.1, 0.15) is 5.69 Å². The van der Waals surface area contributed by atoms with Crippen molar-refractivity contribution >= 4 is 28.5 Å². The molecule has 0 aliphatic carbocycles. The minimum absolute atomic E-state index is 0.281. The Morgan fingerprint density at radius 3 is 2.54 bits per heavy atom. The first kappa shape index (κ1) is 17.5. The zero-order chi connectivity index (χ0) is 19.5. The summed E-state index contributed by atoms with van der Waals surface area (Å²) in [6, 6.07) is 19.3. The van der Waals surface area contributed by atoms with Crippen LogP contribution < -0.4 is 5.32 Å². The summed E-state index contributed by atoms with van der Waals surface area (Å²) in [5.74, 6) is -0.315. The van der Waals surface area contributed by atoms with Gasteiger partial charge in [0.2, 0.25) is 0 Å². The van der Waals surface area contributed by atoms with Gasteiger partial charge in [0.05, 0.1) is 35.7 Å². The molecule has 0 atom stereocenters. The van der Waals surface area contributed by atoms with Gasteiger partial charge >= 0.3 is 5.97 Å². The lowest BCUT2D eigenvalue weighted by Crippen LogP contribution is -2.16. The maximum absolute atomic E-state index is 13.1. The quantitative estimate of drug-likeness (QED) is 0.532. The highest BCUT2D eigenvalue weighted by atomic mass is 16.5. The van der Waals surface area contributed by atoms with E-state index in [9.17, 15) is 9.59 Å². The van der Waals surface area contributed by atoms with Gasteiger partial charge in [-0.2, -0.15) is 0 Å². The molecule has 1 amide bonds. The number of fused-ring (bicyclic) bond motifs is 1. The highest BCUT2D eigenvalue weighted by Crippen LogP contribution is 2.26. The van der Waals surface area contributed by atoms with Gasteiger partial charge in [0, 0.05) is 5.39 Å². The molecule has 4 aromatic rings. The second-order valence-electron chi connectivity index (χ2n) is 6.04. The predicted molar refractivity (Wildman–Crippen MR) is 105 cm³/mol. The molecule has 1 N–H and O–H groups in total. The fourth-order valence-electron chi connectivity index (χ4n) is 2.98. The Hall–Kier alpha value is -3.93. The number of carbonyl (C=O) groups is 2. The maximum atomic E-state index is 13.1. The van der Waals surface area contributed by atoms with E-state index in [2.05, 4.69) is 10.3 Å². The second-order valence-corrected chi connectivity index (χ2v) is 6.04. The summed E-state index contributed by atoms with van der Waals surface area (Å²) in [5.41, 5.74) is 2.30. The first-order valence-corrected chi connectivity index (χ1v) is 8.60. The van der Waals surface area contributed by atoms with Crippen LogP contribution in [-0.4, -0.2) is 24.0 Å². The number of nitrogens with zero attached hydrogens (tertiary/aromatic N) is 1. The van der Waals surface area contributed by atoms with Crippen molar-refractivity contribution in [2.24, 2.45) is 0 Å². The third-order valence-electron chi connectivity index (χ3n) is 4.32. The number of furan rings is 1. The summed E-state index contributed by atoms with van der Waals surface area (Å²) < 4.78 is 10.2. The Morgan fingerprint density at radius 2 is 1.75 bits per heavy atom. The molecule has 0 spiro atoms. The van der Waals surface area contributed by atoms with E-state index in [4.69, 9.17) is 9.15 Å². The first-order chi connectivity index (χ1) is 13.7. The zero-order valence-corrected chi connectivity index (χ0v) is 15.0. The standard InChI is InChI=1S/C22H16N2O4/c1-27-22(26)15-8-3-5-10-18(15)24-21(25)16-13-19(20-11-6-12-28-20)23-17-9-4-2-7-14(16)17/h2-13H,1H3,(H,24,25). The number of hydrogen-bond acceptors (Lipinski definition) is 5. The zero-order valence-electron chi connectivity index (χ0n) is 15.0. The van der Waals surface area contributed by atoms with Crippen molar-refractivity contribution in [3.63, 3.8) is 0 Å². The molecule has 0 fully saturated rings. The Kier molecular flexibility index (Phi) is 4.60. The molecule has 2 heterocycles. The van der Waals surface area contributed by atoms with E-state index >= 15 is 0 Å². The Balaban J connectivity index is 1.79. The molecule has 0 aliphatic heterocycles. The number of pyridine rings is 1. The summed E-state index contributed by atoms with van der Waals surface area (Å²) >= 11 is 0. The molecule has 0 bridgehead atoms. The molecular weight excluding hydrogens is 356 g/mol. The highest BCUT2D eigenvalue weighted by molar-refractivity contribution is 6.14. The predicted octanol–water partition coefficient (Wildman–Crippen LogP) is 4.53. The normalized spacial score (nSPS) is 10.6. The molecule has 4 rings (SSSR count). The van der Waals surface area contributed by atoms with Crippen LogP contribution in [0.25, 0.3) is 22.4 Å². The fraction of sp³-hybridized carbons (Fsp3) is 0.0455. The van der Waals surface area contributed by atoms with Crippen LogP contribution >= 0.6 is 0 Å². The van der Waals surface area contributed by atoms with Crippen molar-refractivity contribution < 1.29 is 18.7 Å². The van der Waals surface area contributed by atoms with E-state index in [-0.39, 0.29) is 11.5 Å². The van der Waals surface area contributed by atoms with E-state index in [0.717, 1.165) is 0 Å². The number of esters is 1. The molecule has 0 radical (unpaired) electrons. The molecule has 0 saturated carbocycles. The third-order valence-corrected chi connectivity index (χ3v) is 4.32. The van der Waals surface area contributed by atoms with Gasteiger partial charge in [-0.05, 0) is 36.4 Å². The second kappa shape index (κ2) is 7.36. The fourth-order valence-corrected chi connectivity index (χ4v) is 2.98.